The molecule has 0 aromatic heterocycles. The number of hydrogen-bond donors (Lipinski definition) is 0. The molecule has 5 nitrogen and oxygen atoms in total. The lowest BCUT2D eigenvalue weighted by atomic mass is 10.0. The highest BCUT2D eigenvalue weighted by Crippen LogP contribution is 2.35. The van der Waals surface area contributed by atoms with E-state index >= 15 is 0 Å². The molecule has 3 aromatic carbocycles. The molecule has 0 atom stereocenters. The Bertz CT molecular complexity index is 1150. The Hall–Kier alpha value is -3.86. The molecule has 33 heavy (non-hydrogen) atoms. The maximum Gasteiger partial charge on any atom is 0.282 e. The normalized spacial score (nSPS) is 13.8. The quantitative estimate of drug-likeness (QED) is 0.447. The molecule has 0 bridgehead atoms. The van der Waals surface area contributed by atoms with Gasteiger partial charge in [0.05, 0.1) is 17.4 Å². The lowest BCUT2D eigenvalue weighted by Gasteiger charge is -2.25. The van der Waals surface area contributed by atoms with E-state index in [1.54, 1.807) is 24.3 Å². The van der Waals surface area contributed by atoms with Gasteiger partial charge >= 0.3 is 0 Å². The van der Waals surface area contributed by atoms with Gasteiger partial charge in [0.2, 0.25) is 0 Å². The number of ether oxygens (including phenoxy) is 1. The van der Waals surface area contributed by atoms with Gasteiger partial charge in [-0.15, -0.1) is 0 Å². The second-order valence-corrected chi connectivity index (χ2v) is 8.20. The summed E-state index contributed by atoms with van der Waals surface area (Å²) in [4.78, 5) is 30.6. The third kappa shape index (κ3) is 4.67. The molecule has 3 aromatic rings. The average molecular weight is 441 g/mol. The van der Waals surface area contributed by atoms with E-state index in [-0.39, 0.29) is 17.9 Å². The molecule has 0 radical (unpaired) electrons. The highest BCUT2D eigenvalue weighted by atomic mass is 16.5. The summed E-state index contributed by atoms with van der Waals surface area (Å²) in [6.07, 6.45) is 0.0416. The zero-order valence-electron chi connectivity index (χ0n) is 19.2. The van der Waals surface area contributed by atoms with Crippen molar-refractivity contribution in [3.8, 4) is 5.75 Å². The number of amides is 2. The monoisotopic (exact) mass is 440 g/mol. The molecule has 1 heterocycles. The number of carbonyl (C=O) groups excluding carboxylic acids is 2. The van der Waals surface area contributed by atoms with Crippen LogP contribution < -0.4 is 9.64 Å². The summed E-state index contributed by atoms with van der Waals surface area (Å²) >= 11 is 0. The number of likely N-dealkylation sites (N-methyl/N-ethyl adjacent to an activating group) is 1. The summed E-state index contributed by atoms with van der Waals surface area (Å²) in [6.45, 7) is 7.04. The minimum atomic E-state index is -0.315. The van der Waals surface area contributed by atoms with Crippen molar-refractivity contribution in [2.24, 2.45) is 0 Å². The Kier molecular flexibility index (Phi) is 6.59. The van der Waals surface area contributed by atoms with Gasteiger partial charge in [0.15, 0.2) is 0 Å². The predicted molar refractivity (Wildman–Crippen MR) is 131 cm³/mol. The van der Waals surface area contributed by atoms with E-state index < -0.39 is 0 Å². The fourth-order valence-corrected chi connectivity index (χ4v) is 4.01. The van der Waals surface area contributed by atoms with Crippen molar-refractivity contribution < 1.29 is 14.3 Å². The largest absolute Gasteiger partial charge is 0.491 e. The van der Waals surface area contributed by atoms with E-state index in [1.807, 2.05) is 86.3 Å². The van der Waals surface area contributed by atoms with Gasteiger partial charge in [-0.05, 0) is 56.2 Å². The lowest BCUT2D eigenvalue weighted by Crippen LogP contribution is -2.35. The Morgan fingerprint density at radius 1 is 0.818 bits per heavy atom. The summed E-state index contributed by atoms with van der Waals surface area (Å²) in [5.41, 5.74) is 3.20. The molecule has 2 amide bonds. The minimum Gasteiger partial charge on any atom is -0.491 e. The lowest BCUT2D eigenvalue weighted by molar-refractivity contribution is -0.120. The van der Waals surface area contributed by atoms with Gasteiger partial charge in [0.25, 0.3) is 11.8 Å². The molecule has 4 rings (SSSR count). The van der Waals surface area contributed by atoms with Crippen LogP contribution in [0.5, 0.6) is 5.75 Å². The van der Waals surface area contributed by atoms with E-state index in [0.717, 1.165) is 11.1 Å². The number of anilines is 1. The molecule has 0 fully saturated rings. The van der Waals surface area contributed by atoms with E-state index in [0.29, 0.717) is 35.8 Å². The molecule has 0 spiro atoms. The van der Waals surface area contributed by atoms with E-state index in [2.05, 4.69) is 0 Å². The third-order valence-corrected chi connectivity index (χ3v) is 5.50. The molecule has 0 aliphatic carbocycles. The number of benzene rings is 3. The smallest absolute Gasteiger partial charge is 0.282 e. The van der Waals surface area contributed by atoms with Crippen molar-refractivity contribution in [1.82, 2.24) is 4.90 Å². The maximum absolute atomic E-state index is 13.7. The van der Waals surface area contributed by atoms with Crippen LogP contribution in [0.2, 0.25) is 0 Å². The maximum atomic E-state index is 13.7. The SMILES string of the molecule is CCN(Cc1ccccc1)C1=C(c2ccccc2)C(=O)N(c2ccc(OC(C)C)cc2)C1=O. The topological polar surface area (TPSA) is 49.9 Å². The number of carbonyl (C=O) groups is 2. The van der Waals surface area contributed by atoms with Crippen LogP contribution in [-0.2, 0) is 16.1 Å². The molecule has 0 N–H and O–H groups in total. The van der Waals surface area contributed by atoms with Gasteiger partial charge in [-0.25, -0.2) is 4.90 Å². The molecule has 1 aliphatic heterocycles. The van der Waals surface area contributed by atoms with Crippen molar-refractivity contribution in [3.05, 3.63) is 102 Å². The van der Waals surface area contributed by atoms with Crippen LogP contribution in [0.1, 0.15) is 31.9 Å². The summed E-state index contributed by atoms with van der Waals surface area (Å²) in [6, 6.07) is 26.5. The Morgan fingerprint density at radius 3 is 2.00 bits per heavy atom. The van der Waals surface area contributed by atoms with Gasteiger partial charge in [-0.3, -0.25) is 9.59 Å². The molecule has 1 aliphatic rings. The summed E-state index contributed by atoms with van der Waals surface area (Å²) in [7, 11) is 0. The van der Waals surface area contributed by atoms with Crippen LogP contribution in [0.3, 0.4) is 0 Å². The number of hydrogen-bond acceptors (Lipinski definition) is 4. The van der Waals surface area contributed by atoms with Gasteiger partial charge in [0, 0.05) is 13.1 Å². The Labute approximate surface area is 194 Å². The molecule has 168 valence electrons. The van der Waals surface area contributed by atoms with Crippen molar-refractivity contribution in [2.75, 3.05) is 11.4 Å². The summed E-state index contributed by atoms with van der Waals surface area (Å²) in [5.74, 6) is 0.0722. The molecule has 5 heteroatoms. The molecular weight excluding hydrogens is 412 g/mol. The van der Waals surface area contributed by atoms with Crippen LogP contribution in [0, 0.1) is 0 Å². The van der Waals surface area contributed by atoms with Crippen molar-refractivity contribution in [3.63, 3.8) is 0 Å². The zero-order chi connectivity index (χ0) is 23.4. The third-order valence-electron chi connectivity index (χ3n) is 5.50. The average Bonchev–Trinajstić information content (AvgIpc) is 3.09. The first-order valence-electron chi connectivity index (χ1n) is 11.2. The highest BCUT2D eigenvalue weighted by molar-refractivity contribution is 6.45. The second kappa shape index (κ2) is 9.74. The van der Waals surface area contributed by atoms with Crippen LogP contribution in [0.4, 0.5) is 5.69 Å². The molecule has 0 saturated heterocycles. The van der Waals surface area contributed by atoms with Crippen LogP contribution in [0.25, 0.3) is 5.57 Å². The highest BCUT2D eigenvalue weighted by Gasteiger charge is 2.42. The van der Waals surface area contributed by atoms with Crippen LogP contribution in [0.15, 0.2) is 90.6 Å². The first-order valence-corrected chi connectivity index (χ1v) is 11.2. The first kappa shape index (κ1) is 22.3. The zero-order valence-corrected chi connectivity index (χ0v) is 19.2. The summed E-state index contributed by atoms with van der Waals surface area (Å²) < 4.78 is 5.71. The predicted octanol–water partition coefficient (Wildman–Crippen LogP) is 5.28. The van der Waals surface area contributed by atoms with Crippen molar-refractivity contribution in [1.29, 1.82) is 0 Å². The Balaban J connectivity index is 1.75. The molecule has 0 unspecified atom stereocenters. The molecule has 0 saturated carbocycles. The van der Waals surface area contributed by atoms with E-state index in [1.165, 1.54) is 4.90 Å². The van der Waals surface area contributed by atoms with Crippen molar-refractivity contribution >= 4 is 23.1 Å². The fraction of sp³-hybridized carbons (Fsp3) is 0.214. The summed E-state index contributed by atoms with van der Waals surface area (Å²) in [5, 5.41) is 0. The van der Waals surface area contributed by atoms with Crippen LogP contribution in [-0.4, -0.2) is 29.4 Å². The second-order valence-electron chi connectivity index (χ2n) is 8.20. The van der Waals surface area contributed by atoms with E-state index in [4.69, 9.17) is 4.74 Å². The number of imide groups is 1. The van der Waals surface area contributed by atoms with Gasteiger partial charge in [0.1, 0.15) is 11.4 Å². The standard InChI is InChI=1S/C28H28N2O3/c1-4-29(19-21-11-7-5-8-12-21)26-25(22-13-9-6-10-14-22)27(31)30(28(26)32)23-15-17-24(18-16-23)33-20(2)3/h5-18,20H,4,19H2,1-3H3. The van der Waals surface area contributed by atoms with Gasteiger partial charge in [-0.2, -0.15) is 0 Å². The molecular formula is C28H28N2O3. The Morgan fingerprint density at radius 2 is 1.42 bits per heavy atom. The number of rotatable bonds is 8. The first-order chi connectivity index (χ1) is 16.0. The van der Waals surface area contributed by atoms with Crippen LogP contribution >= 0.6 is 0 Å². The van der Waals surface area contributed by atoms with Crippen molar-refractivity contribution in [2.45, 2.75) is 33.4 Å². The van der Waals surface area contributed by atoms with E-state index in [9.17, 15) is 9.59 Å². The minimum absolute atomic E-state index is 0.0416. The van der Waals surface area contributed by atoms with Gasteiger partial charge < -0.3 is 9.64 Å². The fourth-order valence-electron chi connectivity index (χ4n) is 4.01. The van der Waals surface area contributed by atoms with Gasteiger partial charge in [-0.1, -0.05) is 60.7 Å². The number of nitrogens with zero attached hydrogens (tertiary/aromatic N) is 2.